The van der Waals surface area contributed by atoms with E-state index in [1.165, 1.54) is 38.8 Å². The fourth-order valence-electron chi connectivity index (χ4n) is 2.61. The topological polar surface area (TPSA) is 29.3 Å². The molecule has 0 unspecified atom stereocenters. The average molecular weight is 219 g/mol. The van der Waals surface area contributed by atoms with Gasteiger partial charge in [-0.05, 0) is 51.5 Å². The van der Waals surface area contributed by atoms with Crippen LogP contribution >= 0.6 is 12.4 Å². The smallest absolute Gasteiger partial charge is 0.0226 e. The Labute approximate surface area is 93.6 Å². The van der Waals surface area contributed by atoms with E-state index in [0.29, 0.717) is 0 Å². The highest BCUT2D eigenvalue weighted by Gasteiger charge is 2.45. The lowest BCUT2D eigenvalue weighted by atomic mass is 9.93. The highest BCUT2D eigenvalue weighted by atomic mass is 35.5. The molecule has 3 heteroatoms. The fourth-order valence-corrected chi connectivity index (χ4v) is 2.61. The molecule has 0 aromatic carbocycles. The predicted octanol–water partition coefficient (Wildman–Crippen LogP) is 2.02. The van der Waals surface area contributed by atoms with Crippen molar-refractivity contribution in [2.24, 2.45) is 11.1 Å². The molecule has 1 saturated heterocycles. The third kappa shape index (κ3) is 3.11. The van der Waals surface area contributed by atoms with Gasteiger partial charge in [-0.1, -0.05) is 0 Å². The lowest BCUT2D eigenvalue weighted by molar-refractivity contribution is 0.137. The third-order valence-electron chi connectivity index (χ3n) is 3.33. The molecular weight excluding hydrogens is 196 g/mol. The van der Waals surface area contributed by atoms with E-state index < -0.39 is 0 Å². The van der Waals surface area contributed by atoms with Gasteiger partial charge in [-0.15, -0.1) is 12.4 Å². The molecule has 2 nitrogen and oxygen atoms in total. The Balaban J connectivity index is 0.000000980. The van der Waals surface area contributed by atoms with Crippen LogP contribution in [0.5, 0.6) is 0 Å². The van der Waals surface area contributed by atoms with Gasteiger partial charge in [-0.2, -0.15) is 0 Å². The summed E-state index contributed by atoms with van der Waals surface area (Å²) in [7, 11) is 0. The zero-order chi connectivity index (χ0) is 9.53. The van der Waals surface area contributed by atoms with E-state index in [4.69, 9.17) is 5.73 Å². The van der Waals surface area contributed by atoms with Gasteiger partial charge in [0.15, 0.2) is 0 Å². The SMILES string of the molecule is CC(C)(N)CN1CCCC2(CC2)C1.Cl. The number of piperidine rings is 1. The molecule has 14 heavy (non-hydrogen) atoms. The normalized spacial score (nSPS) is 25.9. The highest BCUT2D eigenvalue weighted by Crippen LogP contribution is 2.52. The molecule has 1 saturated carbocycles. The van der Waals surface area contributed by atoms with Crippen molar-refractivity contribution in [3.63, 3.8) is 0 Å². The van der Waals surface area contributed by atoms with Gasteiger partial charge in [0.25, 0.3) is 0 Å². The van der Waals surface area contributed by atoms with E-state index in [2.05, 4.69) is 18.7 Å². The molecule has 84 valence electrons. The monoisotopic (exact) mass is 218 g/mol. The van der Waals surface area contributed by atoms with Gasteiger partial charge in [-0.25, -0.2) is 0 Å². The second-order valence-electron chi connectivity index (χ2n) is 5.80. The van der Waals surface area contributed by atoms with Gasteiger partial charge in [0.2, 0.25) is 0 Å². The van der Waals surface area contributed by atoms with Crippen LogP contribution in [0.4, 0.5) is 0 Å². The van der Waals surface area contributed by atoms with E-state index in [-0.39, 0.29) is 17.9 Å². The van der Waals surface area contributed by atoms with Crippen molar-refractivity contribution in [3.8, 4) is 0 Å². The lowest BCUT2D eigenvalue weighted by Gasteiger charge is -2.36. The van der Waals surface area contributed by atoms with E-state index in [1.807, 2.05) is 0 Å². The molecule has 1 heterocycles. The fraction of sp³-hybridized carbons (Fsp3) is 1.00. The molecule has 2 N–H and O–H groups in total. The predicted molar refractivity (Wildman–Crippen MR) is 62.9 cm³/mol. The second-order valence-corrected chi connectivity index (χ2v) is 5.80. The van der Waals surface area contributed by atoms with Crippen LogP contribution < -0.4 is 5.73 Å². The third-order valence-corrected chi connectivity index (χ3v) is 3.33. The molecule has 1 aliphatic heterocycles. The van der Waals surface area contributed by atoms with Crippen LogP contribution in [0.25, 0.3) is 0 Å². The van der Waals surface area contributed by atoms with Gasteiger partial charge in [0.1, 0.15) is 0 Å². The molecule has 0 aromatic rings. The maximum atomic E-state index is 6.03. The molecule has 2 fully saturated rings. The van der Waals surface area contributed by atoms with Gasteiger partial charge < -0.3 is 10.6 Å². The van der Waals surface area contributed by atoms with Crippen LogP contribution in [0, 0.1) is 5.41 Å². The van der Waals surface area contributed by atoms with Gasteiger partial charge >= 0.3 is 0 Å². The quantitative estimate of drug-likeness (QED) is 0.769. The number of nitrogens with zero attached hydrogens (tertiary/aromatic N) is 1. The summed E-state index contributed by atoms with van der Waals surface area (Å²) in [5.74, 6) is 0. The first-order chi connectivity index (χ1) is 5.99. The molecule has 2 aliphatic rings. The zero-order valence-corrected chi connectivity index (χ0v) is 10.2. The van der Waals surface area contributed by atoms with E-state index >= 15 is 0 Å². The number of hydrogen-bond acceptors (Lipinski definition) is 2. The second kappa shape index (κ2) is 3.99. The van der Waals surface area contributed by atoms with Crippen molar-refractivity contribution in [2.45, 2.75) is 45.1 Å². The van der Waals surface area contributed by atoms with Crippen LogP contribution in [0.3, 0.4) is 0 Å². The Morgan fingerprint density at radius 2 is 1.93 bits per heavy atom. The molecule has 2 rings (SSSR count). The van der Waals surface area contributed by atoms with Crippen molar-refractivity contribution in [2.75, 3.05) is 19.6 Å². The number of likely N-dealkylation sites (tertiary alicyclic amines) is 1. The summed E-state index contributed by atoms with van der Waals surface area (Å²) in [4.78, 5) is 2.57. The Bertz CT molecular complexity index is 192. The van der Waals surface area contributed by atoms with Crippen molar-refractivity contribution >= 4 is 12.4 Å². The van der Waals surface area contributed by atoms with E-state index in [1.54, 1.807) is 0 Å². The Hall–Kier alpha value is 0.210. The Morgan fingerprint density at radius 1 is 1.29 bits per heavy atom. The standard InChI is InChI=1S/C11H22N2.ClH/c1-10(2,12)8-13-7-3-4-11(9-13)5-6-11;/h3-9,12H2,1-2H3;1H. The molecule has 0 atom stereocenters. The van der Waals surface area contributed by atoms with Crippen LogP contribution in [0.1, 0.15) is 39.5 Å². The minimum Gasteiger partial charge on any atom is -0.324 e. The summed E-state index contributed by atoms with van der Waals surface area (Å²) >= 11 is 0. The molecule has 0 radical (unpaired) electrons. The largest absolute Gasteiger partial charge is 0.324 e. The molecule has 0 amide bonds. The maximum absolute atomic E-state index is 6.03. The maximum Gasteiger partial charge on any atom is 0.0226 e. The summed E-state index contributed by atoms with van der Waals surface area (Å²) in [6, 6.07) is 0. The summed E-state index contributed by atoms with van der Waals surface area (Å²) in [6.45, 7) is 7.90. The number of rotatable bonds is 2. The average Bonchev–Trinajstić information content (AvgIpc) is 2.65. The van der Waals surface area contributed by atoms with Crippen LogP contribution in [0.2, 0.25) is 0 Å². The first-order valence-corrected chi connectivity index (χ1v) is 5.51. The lowest BCUT2D eigenvalue weighted by Crippen LogP contribution is -2.48. The van der Waals surface area contributed by atoms with Gasteiger partial charge in [0.05, 0.1) is 0 Å². The number of halogens is 1. The summed E-state index contributed by atoms with van der Waals surface area (Å²) in [6.07, 6.45) is 5.79. The minimum absolute atomic E-state index is 0. The number of hydrogen-bond donors (Lipinski definition) is 1. The summed E-state index contributed by atoms with van der Waals surface area (Å²) in [5, 5.41) is 0. The first kappa shape index (κ1) is 12.3. The van der Waals surface area contributed by atoms with Crippen molar-refractivity contribution in [3.05, 3.63) is 0 Å². The first-order valence-electron chi connectivity index (χ1n) is 5.51. The number of nitrogens with two attached hydrogens (primary N) is 1. The van der Waals surface area contributed by atoms with Gasteiger partial charge in [0, 0.05) is 18.6 Å². The molecule has 0 aromatic heterocycles. The summed E-state index contributed by atoms with van der Waals surface area (Å²) in [5.41, 5.74) is 6.75. The molecule has 1 aliphatic carbocycles. The van der Waals surface area contributed by atoms with Crippen molar-refractivity contribution < 1.29 is 0 Å². The highest BCUT2D eigenvalue weighted by molar-refractivity contribution is 5.85. The van der Waals surface area contributed by atoms with Crippen molar-refractivity contribution in [1.29, 1.82) is 0 Å². The van der Waals surface area contributed by atoms with Gasteiger partial charge in [-0.3, -0.25) is 0 Å². The van der Waals surface area contributed by atoms with E-state index in [9.17, 15) is 0 Å². The van der Waals surface area contributed by atoms with E-state index in [0.717, 1.165) is 12.0 Å². The molecular formula is C11H23ClN2. The van der Waals surface area contributed by atoms with Crippen molar-refractivity contribution in [1.82, 2.24) is 4.90 Å². The minimum atomic E-state index is -0.0204. The van der Waals surface area contributed by atoms with Crippen LogP contribution in [-0.2, 0) is 0 Å². The molecule has 1 spiro atoms. The Morgan fingerprint density at radius 3 is 2.43 bits per heavy atom. The summed E-state index contributed by atoms with van der Waals surface area (Å²) < 4.78 is 0. The van der Waals surface area contributed by atoms with Crippen LogP contribution in [0.15, 0.2) is 0 Å². The Kier molecular flexibility index (Phi) is 3.50. The van der Waals surface area contributed by atoms with Crippen LogP contribution in [-0.4, -0.2) is 30.1 Å². The molecule has 0 bridgehead atoms. The zero-order valence-electron chi connectivity index (χ0n) is 9.38.